The summed E-state index contributed by atoms with van der Waals surface area (Å²) in [6, 6.07) is 10.5. The maximum absolute atomic E-state index is 5.64. The van der Waals surface area contributed by atoms with E-state index in [-0.39, 0.29) is 0 Å². The van der Waals surface area contributed by atoms with Gasteiger partial charge < -0.3 is 15.4 Å². The van der Waals surface area contributed by atoms with Crippen LogP contribution in [0.25, 0.3) is 0 Å². The zero-order valence-electron chi connectivity index (χ0n) is 12.4. The lowest BCUT2D eigenvalue weighted by Crippen LogP contribution is -2.40. The van der Waals surface area contributed by atoms with Gasteiger partial charge in [-0.3, -0.25) is 4.99 Å². The molecule has 0 heterocycles. The number of para-hydroxylation sites is 1. The lowest BCUT2D eigenvalue weighted by molar-refractivity contribution is 0.322. The number of guanidine groups is 1. The lowest BCUT2D eigenvalue weighted by atomic mass is 10.2. The van der Waals surface area contributed by atoms with Crippen molar-refractivity contribution in [3.8, 4) is 5.75 Å². The molecule has 1 aromatic carbocycles. The Bertz CT molecular complexity index is 419. The Labute approximate surface area is 121 Å². The highest BCUT2D eigenvalue weighted by Gasteiger charge is 2.36. The Morgan fingerprint density at radius 2 is 2.15 bits per heavy atom. The lowest BCUT2D eigenvalue weighted by Gasteiger charge is -2.12. The minimum Gasteiger partial charge on any atom is -0.492 e. The van der Waals surface area contributed by atoms with Crippen molar-refractivity contribution in [2.24, 2.45) is 10.9 Å². The highest BCUT2D eigenvalue weighted by atomic mass is 16.5. The fraction of sp³-hybridized carbons (Fsp3) is 0.562. The van der Waals surface area contributed by atoms with Crippen LogP contribution in [-0.2, 0) is 0 Å². The molecule has 4 heteroatoms. The first kappa shape index (κ1) is 14.7. The molecule has 1 aliphatic rings. The van der Waals surface area contributed by atoms with Gasteiger partial charge in [0.2, 0.25) is 0 Å². The van der Waals surface area contributed by atoms with Crippen LogP contribution in [0.5, 0.6) is 5.75 Å². The largest absolute Gasteiger partial charge is 0.492 e. The van der Waals surface area contributed by atoms with Crippen LogP contribution in [0.4, 0.5) is 0 Å². The molecule has 110 valence electrons. The van der Waals surface area contributed by atoms with Crippen LogP contribution in [0.2, 0.25) is 0 Å². The van der Waals surface area contributed by atoms with E-state index < -0.39 is 0 Å². The third-order valence-corrected chi connectivity index (χ3v) is 3.53. The van der Waals surface area contributed by atoms with E-state index in [1.165, 1.54) is 19.3 Å². The Morgan fingerprint density at radius 3 is 2.85 bits per heavy atom. The van der Waals surface area contributed by atoms with Crippen molar-refractivity contribution < 1.29 is 4.74 Å². The van der Waals surface area contributed by atoms with Crippen LogP contribution in [0.1, 0.15) is 26.2 Å². The molecule has 0 saturated heterocycles. The molecule has 0 aromatic heterocycles. The summed E-state index contributed by atoms with van der Waals surface area (Å²) in [6.45, 7) is 3.62. The SMILES string of the molecule is CCCC1CC1NC(=NC)NCCOc1ccccc1. The van der Waals surface area contributed by atoms with Gasteiger partial charge in [0.1, 0.15) is 12.4 Å². The molecule has 1 fully saturated rings. The van der Waals surface area contributed by atoms with Gasteiger partial charge in [0.05, 0.1) is 6.54 Å². The molecule has 20 heavy (non-hydrogen) atoms. The molecule has 2 unspecified atom stereocenters. The fourth-order valence-corrected chi connectivity index (χ4v) is 2.34. The van der Waals surface area contributed by atoms with Crippen molar-refractivity contribution in [3.05, 3.63) is 30.3 Å². The molecule has 2 N–H and O–H groups in total. The van der Waals surface area contributed by atoms with Crippen molar-refractivity contribution in [1.82, 2.24) is 10.6 Å². The maximum Gasteiger partial charge on any atom is 0.191 e. The predicted molar refractivity (Wildman–Crippen MR) is 83.2 cm³/mol. The number of hydrogen-bond donors (Lipinski definition) is 2. The fourth-order valence-electron chi connectivity index (χ4n) is 2.34. The number of aliphatic imine (C=N–C) groups is 1. The third-order valence-electron chi connectivity index (χ3n) is 3.53. The van der Waals surface area contributed by atoms with Gasteiger partial charge in [-0.1, -0.05) is 31.5 Å². The average Bonchev–Trinajstić information content (AvgIpc) is 3.21. The van der Waals surface area contributed by atoms with E-state index in [9.17, 15) is 0 Å². The Morgan fingerprint density at radius 1 is 1.35 bits per heavy atom. The van der Waals surface area contributed by atoms with Crippen LogP contribution >= 0.6 is 0 Å². The predicted octanol–water partition coefficient (Wildman–Crippen LogP) is 2.42. The molecule has 1 saturated carbocycles. The zero-order chi connectivity index (χ0) is 14.2. The number of benzene rings is 1. The van der Waals surface area contributed by atoms with E-state index in [4.69, 9.17) is 4.74 Å². The van der Waals surface area contributed by atoms with Crippen molar-refractivity contribution >= 4 is 5.96 Å². The minimum absolute atomic E-state index is 0.608. The summed E-state index contributed by atoms with van der Waals surface area (Å²) in [5, 5.41) is 6.75. The second kappa shape index (κ2) is 7.78. The quantitative estimate of drug-likeness (QED) is 0.456. The van der Waals surface area contributed by atoms with Crippen molar-refractivity contribution in [2.45, 2.75) is 32.2 Å². The monoisotopic (exact) mass is 275 g/mol. The molecule has 1 aliphatic carbocycles. The molecule has 0 amide bonds. The van der Waals surface area contributed by atoms with Crippen molar-refractivity contribution in [3.63, 3.8) is 0 Å². The van der Waals surface area contributed by atoms with Gasteiger partial charge in [-0.25, -0.2) is 0 Å². The van der Waals surface area contributed by atoms with Crippen LogP contribution in [0.15, 0.2) is 35.3 Å². The summed E-state index contributed by atoms with van der Waals surface area (Å²) < 4.78 is 5.64. The van der Waals surface area contributed by atoms with Gasteiger partial charge in [-0.05, 0) is 30.9 Å². The molecule has 0 aliphatic heterocycles. The highest BCUT2D eigenvalue weighted by Crippen LogP contribution is 2.34. The summed E-state index contributed by atoms with van der Waals surface area (Å²) in [7, 11) is 1.81. The number of nitrogens with zero attached hydrogens (tertiary/aromatic N) is 1. The third kappa shape index (κ3) is 4.76. The summed E-state index contributed by atoms with van der Waals surface area (Å²) in [6.07, 6.45) is 3.85. The zero-order valence-corrected chi connectivity index (χ0v) is 12.4. The van der Waals surface area contributed by atoms with Crippen LogP contribution in [-0.4, -0.2) is 32.2 Å². The highest BCUT2D eigenvalue weighted by molar-refractivity contribution is 5.80. The molecule has 2 rings (SSSR count). The van der Waals surface area contributed by atoms with Crippen LogP contribution in [0.3, 0.4) is 0 Å². The molecular weight excluding hydrogens is 250 g/mol. The van der Waals surface area contributed by atoms with Crippen LogP contribution < -0.4 is 15.4 Å². The standard InChI is InChI=1S/C16H25N3O/c1-3-7-13-12-15(13)19-16(17-2)18-10-11-20-14-8-5-4-6-9-14/h4-6,8-9,13,15H,3,7,10-12H2,1-2H3,(H2,17,18,19). The Hall–Kier alpha value is -1.71. The average molecular weight is 275 g/mol. The molecule has 1 aromatic rings. The van der Waals surface area contributed by atoms with E-state index in [2.05, 4.69) is 22.5 Å². The van der Waals surface area contributed by atoms with Gasteiger partial charge >= 0.3 is 0 Å². The van der Waals surface area contributed by atoms with Crippen molar-refractivity contribution in [1.29, 1.82) is 0 Å². The summed E-state index contributed by atoms with van der Waals surface area (Å²) in [5.41, 5.74) is 0. The molecule has 0 radical (unpaired) electrons. The molecule has 4 nitrogen and oxygen atoms in total. The Kier molecular flexibility index (Phi) is 5.71. The smallest absolute Gasteiger partial charge is 0.191 e. The number of rotatable bonds is 7. The molecular formula is C16H25N3O. The number of nitrogens with one attached hydrogen (secondary N) is 2. The molecule has 2 atom stereocenters. The maximum atomic E-state index is 5.64. The normalized spacial score (nSPS) is 21.4. The van der Waals surface area contributed by atoms with E-state index in [0.717, 1.165) is 24.2 Å². The van der Waals surface area contributed by atoms with E-state index in [1.807, 2.05) is 37.4 Å². The topological polar surface area (TPSA) is 45.7 Å². The number of ether oxygens (including phenoxy) is 1. The van der Waals surface area contributed by atoms with Gasteiger partial charge in [-0.15, -0.1) is 0 Å². The minimum atomic E-state index is 0.608. The van der Waals surface area contributed by atoms with Gasteiger partial charge in [0.25, 0.3) is 0 Å². The van der Waals surface area contributed by atoms with Gasteiger partial charge in [-0.2, -0.15) is 0 Å². The first-order chi connectivity index (χ1) is 9.83. The molecule has 0 spiro atoms. The summed E-state index contributed by atoms with van der Waals surface area (Å²) in [4.78, 5) is 4.25. The second-order valence-electron chi connectivity index (χ2n) is 5.20. The van der Waals surface area contributed by atoms with Gasteiger partial charge in [0.15, 0.2) is 5.96 Å². The van der Waals surface area contributed by atoms with E-state index >= 15 is 0 Å². The van der Waals surface area contributed by atoms with E-state index in [1.54, 1.807) is 0 Å². The van der Waals surface area contributed by atoms with Gasteiger partial charge in [0, 0.05) is 13.1 Å². The molecule has 0 bridgehead atoms. The second-order valence-corrected chi connectivity index (χ2v) is 5.20. The first-order valence-electron chi connectivity index (χ1n) is 7.48. The van der Waals surface area contributed by atoms with Crippen molar-refractivity contribution in [2.75, 3.05) is 20.2 Å². The summed E-state index contributed by atoms with van der Waals surface area (Å²) in [5.74, 6) is 2.62. The van der Waals surface area contributed by atoms with E-state index in [0.29, 0.717) is 12.6 Å². The number of hydrogen-bond acceptors (Lipinski definition) is 2. The van der Waals surface area contributed by atoms with Crippen LogP contribution in [0, 0.1) is 5.92 Å². The first-order valence-corrected chi connectivity index (χ1v) is 7.48. The summed E-state index contributed by atoms with van der Waals surface area (Å²) >= 11 is 0. The Balaban J connectivity index is 1.60.